The molecule has 0 amide bonds. The summed E-state index contributed by atoms with van der Waals surface area (Å²) in [4.78, 5) is 0. The number of halogens is 1. The maximum Gasteiger partial charge on any atom is 0.142 e. The molecule has 15 heavy (non-hydrogen) atoms. The Balaban J connectivity index is 0.00000112. The molecule has 1 aromatic carbocycles. The van der Waals surface area contributed by atoms with Crippen LogP contribution in [0.1, 0.15) is 25.0 Å². The van der Waals surface area contributed by atoms with Gasteiger partial charge in [0.2, 0.25) is 0 Å². The zero-order valence-electron chi connectivity index (χ0n) is 9.41. The van der Waals surface area contributed by atoms with Gasteiger partial charge in [0.1, 0.15) is 5.72 Å². The summed E-state index contributed by atoms with van der Waals surface area (Å²) >= 11 is 0. The molecular weight excluding hydrogens is 210 g/mol. The van der Waals surface area contributed by atoms with Gasteiger partial charge in [0, 0.05) is 6.04 Å². The Morgan fingerprint density at radius 1 is 1.33 bits per heavy atom. The van der Waals surface area contributed by atoms with Crippen LogP contribution >= 0.6 is 12.4 Å². The van der Waals surface area contributed by atoms with E-state index in [2.05, 4.69) is 50.4 Å². The van der Waals surface area contributed by atoms with Crippen LogP contribution < -0.4 is 5.32 Å². The molecule has 0 spiro atoms. The predicted octanol–water partition coefficient (Wildman–Crippen LogP) is 2.60. The van der Waals surface area contributed by atoms with Crippen LogP contribution in [0.4, 0.5) is 0 Å². The van der Waals surface area contributed by atoms with E-state index in [1.807, 2.05) is 0 Å². The number of benzene rings is 1. The number of ether oxygens (including phenoxy) is 1. The first-order chi connectivity index (χ1) is 6.60. The quantitative estimate of drug-likeness (QED) is 0.797. The molecular formula is C12H18ClNO. The smallest absolute Gasteiger partial charge is 0.142 e. The first-order valence-corrected chi connectivity index (χ1v) is 5.09. The molecule has 0 aromatic heterocycles. The van der Waals surface area contributed by atoms with Gasteiger partial charge < -0.3 is 4.74 Å². The van der Waals surface area contributed by atoms with Crippen molar-refractivity contribution in [2.45, 2.75) is 32.5 Å². The fourth-order valence-electron chi connectivity index (χ4n) is 1.88. The molecule has 2 nitrogen and oxygen atoms in total. The molecule has 3 heteroatoms. The van der Waals surface area contributed by atoms with Gasteiger partial charge in [0.15, 0.2) is 0 Å². The average molecular weight is 228 g/mol. The molecule has 0 radical (unpaired) electrons. The van der Waals surface area contributed by atoms with Gasteiger partial charge >= 0.3 is 0 Å². The van der Waals surface area contributed by atoms with Crippen molar-refractivity contribution in [2.75, 3.05) is 6.61 Å². The van der Waals surface area contributed by atoms with Crippen LogP contribution in [-0.2, 0) is 10.5 Å². The summed E-state index contributed by atoms with van der Waals surface area (Å²) in [5.74, 6) is 0. The van der Waals surface area contributed by atoms with Crippen LogP contribution in [0, 0.1) is 6.92 Å². The van der Waals surface area contributed by atoms with Crippen molar-refractivity contribution in [1.29, 1.82) is 0 Å². The number of hydrogen-bond acceptors (Lipinski definition) is 2. The highest BCUT2D eigenvalue weighted by molar-refractivity contribution is 5.85. The second-order valence-corrected chi connectivity index (χ2v) is 4.26. The van der Waals surface area contributed by atoms with Crippen LogP contribution in [0.25, 0.3) is 0 Å². The Morgan fingerprint density at radius 3 is 2.40 bits per heavy atom. The molecule has 0 bridgehead atoms. The van der Waals surface area contributed by atoms with Gasteiger partial charge in [0.05, 0.1) is 6.61 Å². The third-order valence-electron chi connectivity index (χ3n) is 2.75. The van der Waals surface area contributed by atoms with E-state index < -0.39 is 0 Å². The number of aryl methyl sites for hydroxylation is 1. The van der Waals surface area contributed by atoms with Gasteiger partial charge in [-0.1, -0.05) is 29.8 Å². The molecule has 84 valence electrons. The van der Waals surface area contributed by atoms with Crippen molar-refractivity contribution >= 4 is 12.4 Å². The summed E-state index contributed by atoms with van der Waals surface area (Å²) in [7, 11) is 0. The van der Waals surface area contributed by atoms with Gasteiger partial charge in [-0.25, -0.2) is 0 Å². The van der Waals surface area contributed by atoms with Crippen molar-refractivity contribution in [3.05, 3.63) is 35.4 Å². The lowest BCUT2D eigenvalue weighted by atomic mass is 10.0. The molecule has 0 aliphatic carbocycles. The standard InChI is InChI=1S/C12H17NO.ClH/c1-9-4-6-11(7-5-9)12(3)13-10(2)8-14-12;/h4-7,10,13H,8H2,1-3H3;1H. The normalized spacial score (nSPS) is 29.9. The third kappa shape index (κ3) is 2.51. The summed E-state index contributed by atoms with van der Waals surface area (Å²) in [6.45, 7) is 7.10. The van der Waals surface area contributed by atoms with Crippen molar-refractivity contribution in [1.82, 2.24) is 5.32 Å². The number of nitrogens with one attached hydrogen (secondary N) is 1. The van der Waals surface area contributed by atoms with Crippen molar-refractivity contribution in [2.24, 2.45) is 0 Å². The van der Waals surface area contributed by atoms with Gasteiger partial charge in [0.25, 0.3) is 0 Å². The highest BCUT2D eigenvalue weighted by Gasteiger charge is 2.34. The second kappa shape index (κ2) is 4.52. The molecule has 1 aliphatic heterocycles. The Bertz CT molecular complexity index is 325. The maximum absolute atomic E-state index is 5.77. The fraction of sp³-hybridized carbons (Fsp3) is 0.500. The summed E-state index contributed by atoms with van der Waals surface area (Å²) in [6, 6.07) is 8.92. The third-order valence-corrected chi connectivity index (χ3v) is 2.75. The molecule has 2 unspecified atom stereocenters. The Kier molecular flexibility index (Phi) is 3.77. The van der Waals surface area contributed by atoms with Crippen molar-refractivity contribution in [3.8, 4) is 0 Å². The van der Waals surface area contributed by atoms with E-state index in [0.717, 1.165) is 6.61 Å². The van der Waals surface area contributed by atoms with Crippen LogP contribution in [0.3, 0.4) is 0 Å². The number of rotatable bonds is 1. The summed E-state index contributed by atoms with van der Waals surface area (Å²) < 4.78 is 5.77. The van der Waals surface area contributed by atoms with Crippen LogP contribution in [0.2, 0.25) is 0 Å². The SMILES string of the molecule is Cc1ccc(C2(C)NC(C)CO2)cc1.Cl. The highest BCUT2D eigenvalue weighted by Crippen LogP contribution is 2.27. The summed E-state index contributed by atoms with van der Waals surface area (Å²) in [6.07, 6.45) is 0. The molecule has 0 saturated carbocycles. The summed E-state index contributed by atoms with van der Waals surface area (Å²) in [5, 5.41) is 3.44. The maximum atomic E-state index is 5.77. The van der Waals surface area contributed by atoms with Gasteiger partial charge in [-0.05, 0) is 26.3 Å². The lowest BCUT2D eigenvalue weighted by Gasteiger charge is -2.24. The van der Waals surface area contributed by atoms with E-state index in [0.29, 0.717) is 6.04 Å². The fourth-order valence-corrected chi connectivity index (χ4v) is 1.88. The van der Waals surface area contributed by atoms with Gasteiger partial charge in [-0.3, -0.25) is 5.32 Å². The van der Waals surface area contributed by atoms with Crippen LogP contribution in [0.15, 0.2) is 24.3 Å². The minimum absolute atomic E-state index is 0. The first-order valence-electron chi connectivity index (χ1n) is 5.09. The second-order valence-electron chi connectivity index (χ2n) is 4.26. The molecule has 1 heterocycles. The van der Waals surface area contributed by atoms with Crippen LogP contribution in [0.5, 0.6) is 0 Å². The van der Waals surface area contributed by atoms with E-state index >= 15 is 0 Å². The van der Waals surface area contributed by atoms with E-state index in [4.69, 9.17) is 4.74 Å². The highest BCUT2D eigenvalue weighted by atomic mass is 35.5. The van der Waals surface area contributed by atoms with E-state index in [1.54, 1.807) is 0 Å². The Morgan fingerprint density at radius 2 is 1.93 bits per heavy atom. The minimum Gasteiger partial charge on any atom is -0.355 e. The Labute approximate surface area is 97.4 Å². The molecule has 2 atom stereocenters. The van der Waals surface area contributed by atoms with E-state index in [9.17, 15) is 0 Å². The van der Waals surface area contributed by atoms with E-state index in [1.165, 1.54) is 11.1 Å². The minimum atomic E-state index is -0.298. The Hall–Kier alpha value is -0.570. The topological polar surface area (TPSA) is 21.3 Å². The van der Waals surface area contributed by atoms with Gasteiger partial charge in [-0.2, -0.15) is 0 Å². The largest absolute Gasteiger partial charge is 0.355 e. The molecule has 1 aromatic rings. The molecule has 2 rings (SSSR count). The lowest BCUT2D eigenvalue weighted by Crippen LogP contribution is -2.37. The first kappa shape index (κ1) is 12.5. The lowest BCUT2D eigenvalue weighted by molar-refractivity contribution is 0.00236. The van der Waals surface area contributed by atoms with Crippen molar-refractivity contribution < 1.29 is 4.74 Å². The average Bonchev–Trinajstić information content (AvgIpc) is 2.48. The predicted molar refractivity (Wildman–Crippen MR) is 64.3 cm³/mol. The molecule has 1 saturated heterocycles. The molecule has 1 aliphatic rings. The molecule has 1 fully saturated rings. The van der Waals surface area contributed by atoms with Gasteiger partial charge in [-0.15, -0.1) is 12.4 Å². The van der Waals surface area contributed by atoms with E-state index in [-0.39, 0.29) is 18.1 Å². The number of hydrogen-bond donors (Lipinski definition) is 1. The van der Waals surface area contributed by atoms with Crippen LogP contribution in [-0.4, -0.2) is 12.6 Å². The monoisotopic (exact) mass is 227 g/mol. The molecule has 1 N–H and O–H groups in total. The zero-order valence-corrected chi connectivity index (χ0v) is 10.2. The zero-order chi connectivity index (χ0) is 10.2. The van der Waals surface area contributed by atoms with Crippen molar-refractivity contribution in [3.63, 3.8) is 0 Å². The summed E-state index contributed by atoms with van der Waals surface area (Å²) in [5.41, 5.74) is 2.18.